The third-order valence-corrected chi connectivity index (χ3v) is 8.92. The number of ketones is 1. The highest BCUT2D eigenvalue weighted by Crippen LogP contribution is 2.33. The standard InChI is InChI=1S/C23H23Cl2NO5S/c24-19-5-2-6-20(25)22(19)32(29,30)26-11-9-16(10-12-26)23(28)31-14-21(27)18-8-7-15-3-1-4-17(15)13-18/h2,5-8,13,16H,1,3-4,9-12,14H2. The molecule has 0 unspecified atom stereocenters. The quantitative estimate of drug-likeness (QED) is 0.440. The Morgan fingerprint density at radius 3 is 2.34 bits per heavy atom. The molecule has 1 fully saturated rings. The molecule has 1 heterocycles. The largest absolute Gasteiger partial charge is 0.457 e. The van der Waals surface area contributed by atoms with Gasteiger partial charge in [0, 0.05) is 18.7 Å². The van der Waals surface area contributed by atoms with Crippen LogP contribution < -0.4 is 0 Å². The summed E-state index contributed by atoms with van der Waals surface area (Å²) in [5, 5.41) is 0.119. The van der Waals surface area contributed by atoms with Gasteiger partial charge in [0.15, 0.2) is 12.4 Å². The molecule has 0 radical (unpaired) electrons. The van der Waals surface area contributed by atoms with E-state index in [-0.39, 0.29) is 40.4 Å². The van der Waals surface area contributed by atoms with Gasteiger partial charge in [0.2, 0.25) is 10.0 Å². The Balaban J connectivity index is 1.32. The lowest BCUT2D eigenvalue weighted by Gasteiger charge is -2.30. The molecule has 0 spiro atoms. The fourth-order valence-corrected chi connectivity index (χ4v) is 6.83. The van der Waals surface area contributed by atoms with Crippen LogP contribution in [-0.2, 0) is 32.4 Å². The highest BCUT2D eigenvalue weighted by atomic mass is 35.5. The number of hydrogen-bond acceptors (Lipinski definition) is 5. The van der Waals surface area contributed by atoms with Gasteiger partial charge in [0.25, 0.3) is 0 Å². The van der Waals surface area contributed by atoms with Crippen LogP contribution in [0.3, 0.4) is 0 Å². The second-order valence-corrected chi connectivity index (χ2v) is 10.8. The van der Waals surface area contributed by atoms with Gasteiger partial charge in [-0.15, -0.1) is 0 Å². The second-order valence-electron chi connectivity index (χ2n) is 8.10. The van der Waals surface area contributed by atoms with Gasteiger partial charge in [-0.2, -0.15) is 4.31 Å². The molecule has 1 aliphatic heterocycles. The van der Waals surface area contributed by atoms with Crippen LogP contribution in [0, 0.1) is 5.92 Å². The van der Waals surface area contributed by atoms with Crippen LogP contribution >= 0.6 is 23.2 Å². The number of halogens is 2. The maximum atomic E-state index is 13.0. The van der Waals surface area contributed by atoms with Crippen molar-refractivity contribution in [1.82, 2.24) is 4.31 Å². The van der Waals surface area contributed by atoms with E-state index in [4.69, 9.17) is 27.9 Å². The summed E-state index contributed by atoms with van der Waals surface area (Å²) in [4.78, 5) is 24.8. The smallest absolute Gasteiger partial charge is 0.309 e. The SMILES string of the molecule is O=C(COC(=O)C1CCN(S(=O)(=O)c2c(Cl)cccc2Cl)CC1)c1ccc2c(c1)CCC2. The van der Waals surface area contributed by atoms with Crippen molar-refractivity contribution in [2.24, 2.45) is 5.92 Å². The fraction of sp³-hybridized carbons (Fsp3) is 0.391. The van der Waals surface area contributed by atoms with Gasteiger partial charge in [-0.05, 0) is 61.4 Å². The van der Waals surface area contributed by atoms with Crippen molar-refractivity contribution in [3.05, 3.63) is 63.1 Å². The monoisotopic (exact) mass is 495 g/mol. The lowest BCUT2D eigenvalue weighted by atomic mass is 9.98. The van der Waals surface area contributed by atoms with E-state index < -0.39 is 21.9 Å². The number of hydrogen-bond donors (Lipinski definition) is 0. The number of aryl methyl sites for hydroxylation is 2. The number of carbonyl (C=O) groups excluding carboxylic acids is 2. The summed E-state index contributed by atoms with van der Waals surface area (Å²) in [6.07, 6.45) is 3.70. The lowest BCUT2D eigenvalue weighted by molar-refractivity contribution is -0.148. The molecular formula is C23H23Cl2NO5S. The highest BCUT2D eigenvalue weighted by Gasteiger charge is 2.35. The van der Waals surface area contributed by atoms with Gasteiger partial charge >= 0.3 is 5.97 Å². The summed E-state index contributed by atoms with van der Waals surface area (Å²) < 4.78 is 32.4. The Kier molecular flexibility index (Phi) is 6.91. The summed E-state index contributed by atoms with van der Waals surface area (Å²) >= 11 is 12.1. The molecule has 170 valence electrons. The highest BCUT2D eigenvalue weighted by molar-refractivity contribution is 7.89. The molecule has 2 aromatic rings. The first-order valence-corrected chi connectivity index (χ1v) is 12.7. The third kappa shape index (κ3) is 4.71. The summed E-state index contributed by atoms with van der Waals surface area (Å²) in [5.74, 6) is -1.18. The number of carbonyl (C=O) groups is 2. The molecule has 32 heavy (non-hydrogen) atoms. The average molecular weight is 496 g/mol. The first-order chi connectivity index (χ1) is 15.3. The predicted molar refractivity (Wildman–Crippen MR) is 122 cm³/mol. The summed E-state index contributed by atoms with van der Waals surface area (Å²) in [6, 6.07) is 10.2. The molecule has 0 atom stereocenters. The zero-order chi connectivity index (χ0) is 22.9. The second kappa shape index (κ2) is 9.51. The lowest BCUT2D eigenvalue weighted by Crippen LogP contribution is -2.41. The van der Waals surface area contributed by atoms with E-state index in [9.17, 15) is 18.0 Å². The van der Waals surface area contributed by atoms with Crippen molar-refractivity contribution < 1.29 is 22.7 Å². The zero-order valence-corrected chi connectivity index (χ0v) is 19.7. The molecule has 1 saturated heterocycles. The fourth-order valence-electron chi connectivity index (χ4n) is 4.27. The number of nitrogens with zero attached hydrogens (tertiary/aromatic N) is 1. The molecule has 2 aromatic carbocycles. The van der Waals surface area contributed by atoms with Gasteiger partial charge in [-0.1, -0.05) is 41.4 Å². The molecule has 1 aliphatic carbocycles. The number of esters is 1. The van der Waals surface area contributed by atoms with E-state index >= 15 is 0 Å². The van der Waals surface area contributed by atoms with Gasteiger partial charge in [-0.3, -0.25) is 9.59 Å². The Hall–Kier alpha value is -1.93. The Bertz CT molecular complexity index is 1140. The van der Waals surface area contributed by atoms with E-state index in [1.54, 1.807) is 12.1 Å². The first kappa shape index (κ1) is 23.2. The van der Waals surface area contributed by atoms with Crippen molar-refractivity contribution in [2.75, 3.05) is 19.7 Å². The Morgan fingerprint density at radius 1 is 1.00 bits per heavy atom. The molecule has 6 nitrogen and oxygen atoms in total. The predicted octanol–water partition coefficient (Wildman–Crippen LogP) is 4.31. The minimum Gasteiger partial charge on any atom is -0.457 e. The summed E-state index contributed by atoms with van der Waals surface area (Å²) in [6.45, 7) is -0.0315. The van der Waals surface area contributed by atoms with E-state index in [1.807, 2.05) is 12.1 Å². The molecule has 9 heteroatoms. The van der Waals surface area contributed by atoms with Gasteiger partial charge in [-0.25, -0.2) is 8.42 Å². The maximum Gasteiger partial charge on any atom is 0.309 e. The molecule has 0 saturated carbocycles. The number of ether oxygens (including phenoxy) is 1. The topological polar surface area (TPSA) is 80.8 Å². The van der Waals surface area contributed by atoms with Gasteiger partial charge < -0.3 is 4.74 Å². The minimum absolute atomic E-state index is 0.0594. The zero-order valence-electron chi connectivity index (χ0n) is 17.4. The van der Waals surface area contributed by atoms with Crippen molar-refractivity contribution in [2.45, 2.75) is 37.0 Å². The van der Waals surface area contributed by atoms with E-state index in [2.05, 4.69) is 0 Å². The molecule has 4 rings (SSSR count). The third-order valence-electron chi connectivity index (χ3n) is 6.07. The van der Waals surface area contributed by atoms with Crippen LogP contribution in [-0.4, -0.2) is 44.2 Å². The number of rotatable bonds is 6. The maximum absolute atomic E-state index is 13.0. The molecule has 2 aliphatic rings. The number of Topliss-reactive ketones (excluding diaryl/α,β-unsaturated/α-hetero) is 1. The molecule has 0 amide bonds. The van der Waals surface area contributed by atoms with E-state index in [0.717, 1.165) is 19.3 Å². The number of fused-ring (bicyclic) bond motifs is 1. The summed E-state index contributed by atoms with van der Waals surface area (Å²) in [7, 11) is -3.88. The van der Waals surface area contributed by atoms with Crippen molar-refractivity contribution in [3.8, 4) is 0 Å². The number of piperidine rings is 1. The summed E-state index contributed by atoms with van der Waals surface area (Å²) in [5.41, 5.74) is 3.02. The van der Waals surface area contributed by atoms with Crippen LogP contribution in [0.25, 0.3) is 0 Å². The Labute approximate surface area is 197 Å². The first-order valence-electron chi connectivity index (χ1n) is 10.5. The average Bonchev–Trinajstić information content (AvgIpc) is 3.25. The molecular weight excluding hydrogens is 473 g/mol. The van der Waals surface area contributed by atoms with E-state index in [1.165, 1.54) is 27.6 Å². The molecule has 0 bridgehead atoms. The van der Waals surface area contributed by atoms with E-state index in [0.29, 0.717) is 18.4 Å². The minimum atomic E-state index is -3.88. The Morgan fingerprint density at radius 2 is 1.66 bits per heavy atom. The normalized spacial score (nSPS) is 17.2. The van der Waals surface area contributed by atoms with Crippen LogP contribution in [0.1, 0.15) is 40.7 Å². The van der Waals surface area contributed by atoms with Gasteiger partial charge in [0.05, 0.1) is 16.0 Å². The number of benzene rings is 2. The van der Waals surface area contributed by atoms with Crippen molar-refractivity contribution in [3.63, 3.8) is 0 Å². The molecule has 0 N–H and O–H groups in total. The van der Waals surface area contributed by atoms with Crippen molar-refractivity contribution in [1.29, 1.82) is 0 Å². The van der Waals surface area contributed by atoms with Crippen LogP contribution in [0.2, 0.25) is 10.0 Å². The molecule has 0 aromatic heterocycles. The van der Waals surface area contributed by atoms with Crippen LogP contribution in [0.15, 0.2) is 41.3 Å². The van der Waals surface area contributed by atoms with Crippen LogP contribution in [0.5, 0.6) is 0 Å². The van der Waals surface area contributed by atoms with Crippen LogP contribution in [0.4, 0.5) is 0 Å². The number of sulfonamides is 1. The van der Waals surface area contributed by atoms with Gasteiger partial charge in [0.1, 0.15) is 4.90 Å². The van der Waals surface area contributed by atoms with Crippen molar-refractivity contribution >= 4 is 45.0 Å².